The summed E-state index contributed by atoms with van der Waals surface area (Å²) in [6.07, 6.45) is 6.51. The van der Waals surface area contributed by atoms with Gasteiger partial charge in [0.15, 0.2) is 0 Å². The number of hydrogen-bond donors (Lipinski definition) is 0. The molecule has 150 valence electrons. The Kier molecular flexibility index (Phi) is 6.68. The molecule has 0 bridgehead atoms. The molecule has 1 atom stereocenters. The summed E-state index contributed by atoms with van der Waals surface area (Å²) in [6, 6.07) is 0. The van der Waals surface area contributed by atoms with Crippen molar-refractivity contribution >= 4 is 17.9 Å². The van der Waals surface area contributed by atoms with Gasteiger partial charge in [-0.3, -0.25) is 0 Å². The van der Waals surface area contributed by atoms with E-state index in [9.17, 15) is 14.4 Å². The van der Waals surface area contributed by atoms with E-state index in [2.05, 4.69) is 19.7 Å². The van der Waals surface area contributed by atoms with Crippen molar-refractivity contribution in [2.75, 3.05) is 0 Å². The summed E-state index contributed by atoms with van der Waals surface area (Å²) in [6.45, 7) is 16.0. The molecule has 1 unspecified atom stereocenters. The molecule has 2 aliphatic carbocycles. The molecule has 0 spiro atoms. The van der Waals surface area contributed by atoms with Crippen molar-refractivity contribution in [3.05, 3.63) is 60.3 Å². The summed E-state index contributed by atoms with van der Waals surface area (Å²) in [5, 5.41) is 0. The Bertz CT molecular complexity index is 764. The molecule has 0 heterocycles. The second-order valence-electron chi connectivity index (χ2n) is 6.97. The van der Waals surface area contributed by atoms with Crippen LogP contribution in [0.15, 0.2) is 60.3 Å². The van der Waals surface area contributed by atoms with Crippen LogP contribution in [0.5, 0.6) is 0 Å². The average molecular weight is 422 g/mol. The van der Waals surface area contributed by atoms with Gasteiger partial charge in [-0.1, -0.05) is 0 Å². The zero-order valence-corrected chi connectivity index (χ0v) is 18.2. The van der Waals surface area contributed by atoms with Crippen LogP contribution in [0.3, 0.4) is 0 Å². The van der Waals surface area contributed by atoms with Gasteiger partial charge in [-0.25, -0.2) is 0 Å². The maximum absolute atomic E-state index is 12.3. The van der Waals surface area contributed by atoms with Crippen molar-refractivity contribution < 1.29 is 42.1 Å². The number of rotatable bonds is 7. The van der Waals surface area contributed by atoms with Crippen LogP contribution in [0.2, 0.25) is 3.72 Å². The Morgan fingerprint density at radius 1 is 0.893 bits per heavy atom. The van der Waals surface area contributed by atoms with Gasteiger partial charge in [-0.05, 0) is 0 Å². The van der Waals surface area contributed by atoms with E-state index in [1.54, 1.807) is 0 Å². The van der Waals surface area contributed by atoms with Crippen molar-refractivity contribution in [2.45, 2.75) is 50.2 Å². The molecule has 0 aromatic carbocycles. The maximum atomic E-state index is 12.3. The molecule has 0 N–H and O–H groups in total. The summed E-state index contributed by atoms with van der Waals surface area (Å²) in [5.74, 6) is -2.44. The Hall–Kier alpha value is -2.18. The van der Waals surface area contributed by atoms with Gasteiger partial charge in [-0.15, -0.1) is 0 Å². The second-order valence-corrected chi connectivity index (χ2v) is 11.2. The Labute approximate surface area is 170 Å². The molecule has 28 heavy (non-hydrogen) atoms. The van der Waals surface area contributed by atoms with E-state index in [0.717, 1.165) is 60.6 Å². The van der Waals surface area contributed by atoms with Crippen LogP contribution in [-0.4, -0.2) is 17.9 Å². The molecule has 6 nitrogen and oxygen atoms in total. The molecular weight excluding hydrogens is 396 g/mol. The molecule has 0 aromatic heterocycles. The first kappa shape index (κ1) is 22.1. The van der Waals surface area contributed by atoms with E-state index >= 15 is 0 Å². The van der Waals surface area contributed by atoms with Crippen molar-refractivity contribution in [2.24, 2.45) is 0 Å². The summed E-state index contributed by atoms with van der Waals surface area (Å²) in [4.78, 5) is 36.8. The van der Waals surface area contributed by atoms with Crippen molar-refractivity contribution in [3.8, 4) is 0 Å². The van der Waals surface area contributed by atoms with Gasteiger partial charge in [0.05, 0.1) is 0 Å². The van der Waals surface area contributed by atoms with Crippen LogP contribution < -0.4 is 0 Å². The number of carbonyl (C=O) groups is 3. The van der Waals surface area contributed by atoms with Crippen LogP contribution in [0.25, 0.3) is 0 Å². The van der Waals surface area contributed by atoms with Crippen LogP contribution >= 0.6 is 0 Å². The number of carbonyl (C=O) groups excluding carboxylic acids is 3. The second kappa shape index (κ2) is 8.45. The molecule has 0 aliphatic heterocycles. The van der Waals surface area contributed by atoms with Crippen molar-refractivity contribution in [1.82, 2.24) is 0 Å². The molecule has 0 aromatic rings. The predicted molar refractivity (Wildman–Crippen MR) is 101 cm³/mol. The molecule has 0 radical (unpaired) electrons. The topological polar surface area (TPSA) is 78.9 Å². The molecular formula is C21H26O6Ti. The van der Waals surface area contributed by atoms with Gasteiger partial charge in [0.2, 0.25) is 0 Å². The molecule has 0 saturated carbocycles. The van der Waals surface area contributed by atoms with E-state index in [1.807, 2.05) is 20.8 Å². The van der Waals surface area contributed by atoms with Gasteiger partial charge in [0, 0.05) is 0 Å². The first-order valence-corrected chi connectivity index (χ1v) is 11.8. The zero-order chi connectivity index (χ0) is 21.1. The predicted octanol–water partition coefficient (Wildman–Crippen LogP) is 4.47. The van der Waals surface area contributed by atoms with Crippen LogP contribution in [0, 0.1) is 0 Å². The summed E-state index contributed by atoms with van der Waals surface area (Å²) in [7, 11) is 0. The van der Waals surface area contributed by atoms with Crippen LogP contribution in [0.1, 0.15) is 46.5 Å². The third-order valence-electron chi connectivity index (χ3n) is 5.65. The summed E-state index contributed by atoms with van der Waals surface area (Å²) >= 11 is -5.02. The summed E-state index contributed by atoms with van der Waals surface area (Å²) in [5.41, 5.74) is 4.12. The van der Waals surface area contributed by atoms with Gasteiger partial charge in [0.25, 0.3) is 0 Å². The van der Waals surface area contributed by atoms with Gasteiger partial charge in [-0.2, -0.15) is 0 Å². The molecule has 0 amide bonds. The first-order valence-electron chi connectivity index (χ1n) is 9.13. The fourth-order valence-electron chi connectivity index (χ4n) is 4.00. The van der Waals surface area contributed by atoms with Gasteiger partial charge in [0.1, 0.15) is 0 Å². The van der Waals surface area contributed by atoms with E-state index < -0.39 is 39.4 Å². The SMILES string of the molecule is C=CC(=O)[O][Ti]([O]C(=O)C=C)([O]C(=O)C=C)[C]1(C)C(C)=C(C)C2=C1CCCC2. The van der Waals surface area contributed by atoms with Crippen LogP contribution in [0.4, 0.5) is 0 Å². The fraction of sp³-hybridized carbons (Fsp3) is 0.381. The van der Waals surface area contributed by atoms with E-state index in [0.29, 0.717) is 0 Å². The Morgan fingerprint density at radius 3 is 1.75 bits per heavy atom. The van der Waals surface area contributed by atoms with E-state index in [1.165, 1.54) is 5.57 Å². The van der Waals surface area contributed by atoms with E-state index in [-0.39, 0.29) is 0 Å². The number of hydrogen-bond acceptors (Lipinski definition) is 6. The molecule has 2 aliphatic rings. The zero-order valence-electron chi connectivity index (χ0n) is 16.6. The van der Waals surface area contributed by atoms with Crippen molar-refractivity contribution in [3.63, 3.8) is 0 Å². The molecule has 7 heteroatoms. The molecule has 2 rings (SSSR count). The first-order chi connectivity index (χ1) is 13.2. The fourth-order valence-corrected chi connectivity index (χ4v) is 8.80. The Morgan fingerprint density at radius 2 is 1.32 bits per heavy atom. The molecule has 0 saturated heterocycles. The third-order valence-corrected chi connectivity index (χ3v) is 10.8. The monoisotopic (exact) mass is 422 g/mol. The van der Waals surface area contributed by atoms with Gasteiger partial charge >= 0.3 is 170 Å². The van der Waals surface area contributed by atoms with E-state index in [4.69, 9.17) is 9.96 Å². The summed E-state index contributed by atoms with van der Waals surface area (Å²) < 4.78 is 16.0. The van der Waals surface area contributed by atoms with Gasteiger partial charge < -0.3 is 0 Å². The minimum atomic E-state index is -5.02. The standard InChI is InChI=1S/C12H17.3C3H4O2.Ti/c1-8-9(2)11-6-4-5-7-12(11)10(8)3;3*1-2-3(4)5;/h4-7H2,1-3H3;3*2H,1H2,(H,4,5);/q;;;;+3/p-3. The Balaban J connectivity index is 2.78. The number of allylic oxidation sites excluding steroid dienone is 4. The quantitative estimate of drug-likeness (QED) is 0.445. The van der Waals surface area contributed by atoms with Crippen molar-refractivity contribution in [1.29, 1.82) is 0 Å². The average Bonchev–Trinajstić information content (AvgIpc) is 2.90. The third kappa shape index (κ3) is 3.59. The normalized spacial score (nSPS) is 21.5. The van der Waals surface area contributed by atoms with Crippen LogP contribution in [-0.2, 0) is 42.1 Å². The minimum absolute atomic E-state index is 0.746. The molecule has 0 fully saturated rings.